The quantitative estimate of drug-likeness (QED) is 0.849. The van der Waals surface area contributed by atoms with Crippen molar-refractivity contribution in [3.63, 3.8) is 0 Å². The van der Waals surface area contributed by atoms with Crippen LogP contribution in [-0.2, 0) is 0 Å². The van der Waals surface area contributed by atoms with Crippen LogP contribution in [0.3, 0.4) is 0 Å². The van der Waals surface area contributed by atoms with Crippen molar-refractivity contribution in [1.82, 2.24) is 5.32 Å². The van der Waals surface area contributed by atoms with E-state index in [0.717, 1.165) is 23.6 Å². The first kappa shape index (κ1) is 11.1. The minimum absolute atomic E-state index is 0.0375. The second kappa shape index (κ2) is 3.73. The number of carbonyl (C=O) groups excluding carboxylic acids is 1. The first-order valence-electron chi connectivity index (χ1n) is 6.12. The van der Waals surface area contributed by atoms with Gasteiger partial charge in [-0.2, -0.15) is 0 Å². The van der Waals surface area contributed by atoms with Gasteiger partial charge in [-0.05, 0) is 42.7 Å². The Labute approximate surface area is 105 Å². The van der Waals surface area contributed by atoms with E-state index in [0.29, 0.717) is 5.56 Å². The Kier molecular flexibility index (Phi) is 2.30. The number of phenols is 1. The predicted molar refractivity (Wildman–Crippen MR) is 70.7 cm³/mol. The fourth-order valence-electron chi connectivity index (χ4n) is 2.06. The lowest BCUT2D eigenvalue weighted by atomic mass is 10.1. The molecule has 0 aromatic heterocycles. The largest absolute Gasteiger partial charge is 0.507 e. The zero-order valence-electron chi connectivity index (χ0n) is 10.2. The Bertz CT molecular complexity index is 629. The number of carbonyl (C=O) groups is 1. The molecule has 0 saturated heterocycles. The molecule has 2 N–H and O–H groups in total. The van der Waals surface area contributed by atoms with E-state index in [-0.39, 0.29) is 17.2 Å². The van der Waals surface area contributed by atoms with Crippen molar-refractivity contribution < 1.29 is 9.90 Å². The molecular weight excluding hydrogens is 226 g/mol. The second-order valence-corrected chi connectivity index (χ2v) is 5.23. The van der Waals surface area contributed by atoms with E-state index in [1.165, 1.54) is 0 Å². The number of amides is 1. The van der Waals surface area contributed by atoms with Crippen LogP contribution >= 0.6 is 0 Å². The molecule has 0 bridgehead atoms. The lowest BCUT2D eigenvalue weighted by Gasteiger charge is -2.13. The molecule has 3 nitrogen and oxygen atoms in total. The predicted octanol–water partition coefficient (Wildman–Crippen LogP) is 2.83. The van der Waals surface area contributed by atoms with Gasteiger partial charge in [0.1, 0.15) is 5.75 Å². The van der Waals surface area contributed by atoms with Crippen LogP contribution in [0.15, 0.2) is 36.4 Å². The summed E-state index contributed by atoms with van der Waals surface area (Å²) in [6.45, 7) is 2.02. The van der Waals surface area contributed by atoms with Crippen LogP contribution in [0.25, 0.3) is 10.8 Å². The Hall–Kier alpha value is -2.03. The van der Waals surface area contributed by atoms with Gasteiger partial charge >= 0.3 is 0 Å². The Balaban J connectivity index is 2.00. The van der Waals surface area contributed by atoms with E-state index in [2.05, 4.69) is 5.32 Å². The summed E-state index contributed by atoms with van der Waals surface area (Å²) in [6, 6.07) is 11.1. The number of aromatic hydroxyl groups is 1. The Morgan fingerprint density at radius 2 is 1.83 bits per heavy atom. The average Bonchev–Trinajstić information content (AvgIpc) is 3.05. The monoisotopic (exact) mass is 241 g/mol. The smallest absolute Gasteiger partial charge is 0.255 e. The lowest BCUT2D eigenvalue weighted by Crippen LogP contribution is -2.34. The third-order valence-electron chi connectivity index (χ3n) is 3.52. The second-order valence-electron chi connectivity index (χ2n) is 5.23. The molecular formula is C15H15NO2. The van der Waals surface area contributed by atoms with Gasteiger partial charge in [-0.15, -0.1) is 0 Å². The van der Waals surface area contributed by atoms with Gasteiger partial charge in [-0.1, -0.05) is 24.3 Å². The maximum atomic E-state index is 12.1. The van der Waals surface area contributed by atoms with Crippen LogP contribution in [-0.4, -0.2) is 16.6 Å². The molecule has 1 amide bonds. The average molecular weight is 241 g/mol. The SMILES string of the molecule is CC1(NC(=O)c2cc3ccccc3cc2O)CC1. The van der Waals surface area contributed by atoms with Crippen LogP contribution in [0.2, 0.25) is 0 Å². The number of benzene rings is 2. The number of hydrogen-bond acceptors (Lipinski definition) is 2. The molecule has 3 heteroatoms. The summed E-state index contributed by atoms with van der Waals surface area (Å²) in [7, 11) is 0. The fraction of sp³-hybridized carbons (Fsp3) is 0.267. The molecule has 1 aliphatic carbocycles. The highest BCUT2D eigenvalue weighted by Gasteiger charge is 2.39. The molecule has 1 saturated carbocycles. The number of hydrogen-bond donors (Lipinski definition) is 2. The highest BCUT2D eigenvalue weighted by Crippen LogP contribution is 2.35. The van der Waals surface area contributed by atoms with E-state index in [1.807, 2.05) is 31.2 Å². The Morgan fingerprint density at radius 3 is 2.44 bits per heavy atom. The van der Waals surface area contributed by atoms with Crippen LogP contribution in [0.4, 0.5) is 0 Å². The summed E-state index contributed by atoms with van der Waals surface area (Å²) in [5, 5.41) is 14.8. The highest BCUT2D eigenvalue weighted by molar-refractivity contribution is 6.01. The number of phenolic OH excluding ortho intramolecular Hbond substituents is 1. The summed E-state index contributed by atoms with van der Waals surface area (Å²) < 4.78 is 0. The molecule has 0 heterocycles. The van der Waals surface area contributed by atoms with E-state index in [1.54, 1.807) is 12.1 Å². The number of nitrogens with one attached hydrogen (secondary N) is 1. The van der Waals surface area contributed by atoms with Crippen LogP contribution < -0.4 is 5.32 Å². The van der Waals surface area contributed by atoms with Crippen molar-refractivity contribution in [1.29, 1.82) is 0 Å². The van der Waals surface area contributed by atoms with E-state index in [4.69, 9.17) is 0 Å². The molecule has 1 aliphatic rings. The fourth-order valence-corrected chi connectivity index (χ4v) is 2.06. The number of rotatable bonds is 2. The molecule has 0 atom stereocenters. The molecule has 2 aromatic rings. The maximum Gasteiger partial charge on any atom is 0.255 e. The minimum atomic E-state index is -0.196. The molecule has 1 fully saturated rings. The summed E-state index contributed by atoms with van der Waals surface area (Å²) >= 11 is 0. The van der Waals surface area contributed by atoms with Crippen molar-refractivity contribution >= 4 is 16.7 Å². The van der Waals surface area contributed by atoms with E-state index >= 15 is 0 Å². The third-order valence-corrected chi connectivity index (χ3v) is 3.52. The maximum absolute atomic E-state index is 12.1. The van der Waals surface area contributed by atoms with Crippen molar-refractivity contribution in [2.75, 3.05) is 0 Å². The molecule has 2 aromatic carbocycles. The van der Waals surface area contributed by atoms with Gasteiger partial charge in [0.2, 0.25) is 0 Å². The summed E-state index contributed by atoms with van der Waals surface area (Å²) in [5.41, 5.74) is 0.275. The summed E-state index contributed by atoms with van der Waals surface area (Å²) in [6.07, 6.45) is 2.01. The van der Waals surface area contributed by atoms with Gasteiger partial charge in [0, 0.05) is 5.54 Å². The lowest BCUT2D eigenvalue weighted by molar-refractivity contribution is 0.0933. The van der Waals surface area contributed by atoms with Crippen LogP contribution in [0.1, 0.15) is 30.1 Å². The summed E-state index contributed by atoms with van der Waals surface area (Å²) in [5.74, 6) is -0.159. The first-order valence-corrected chi connectivity index (χ1v) is 6.12. The summed E-state index contributed by atoms with van der Waals surface area (Å²) in [4.78, 5) is 12.1. The highest BCUT2D eigenvalue weighted by atomic mass is 16.3. The van der Waals surface area contributed by atoms with Gasteiger partial charge in [0.05, 0.1) is 5.56 Å². The molecule has 0 spiro atoms. The van der Waals surface area contributed by atoms with Crippen molar-refractivity contribution in [3.05, 3.63) is 42.0 Å². The van der Waals surface area contributed by atoms with Crippen LogP contribution in [0, 0.1) is 0 Å². The molecule has 92 valence electrons. The van der Waals surface area contributed by atoms with Crippen molar-refractivity contribution in [2.24, 2.45) is 0 Å². The minimum Gasteiger partial charge on any atom is -0.507 e. The van der Waals surface area contributed by atoms with Gasteiger partial charge in [-0.25, -0.2) is 0 Å². The standard InChI is InChI=1S/C15H15NO2/c1-15(6-7-15)16-14(18)12-8-10-4-2-3-5-11(10)9-13(12)17/h2-5,8-9,17H,6-7H2,1H3,(H,16,18). The Morgan fingerprint density at radius 1 is 1.22 bits per heavy atom. The van der Waals surface area contributed by atoms with Crippen molar-refractivity contribution in [3.8, 4) is 5.75 Å². The van der Waals surface area contributed by atoms with Gasteiger partial charge in [0.15, 0.2) is 0 Å². The van der Waals surface area contributed by atoms with Gasteiger partial charge in [0.25, 0.3) is 5.91 Å². The molecule has 0 unspecified atom stereocenters. The molecule has 0 aliphatic heterocycles. The third kappa shape index (κ3) is 1.92. The first-order chi connectivity index (χ1) is 8.57. The number of fused-ring (bicyclic) bond motifs is 1. The van der Waals surface area contributed by atoms with Gasteiger partial charge < -0.3 is 10.4 Å². The normalized spacial score (nSPS) is 16.5. The zero-order chi connectivity index (χ0) is 12.8. The van der Waals surface area contributed by atoms with E-state index in [9.17, 15) is 9.90 Å². The van der Waals surface area contributed by atoms with Crippen molar-refractivity contribution in [2.45, 2.75) is 25.3 Å². The van der Waals surface area contributed by atoms with E-state index < -0.39 is 0 Å². The van der Waals surface area contributed by atoms with Gasteiger partial charge in [-0.3, -0.25) is 4.79 Å². The topological polar surface area (TPSA) is 49.3 Å². The molecule has 18 heavy (non-hydrogen) atoms. The van der Waals surface area contributed by atoms with Crippen LogP contribution in [0.5, 0.6) is 5.75 Å². The zero-order valence-corrected chi connectivity index (χ0v) is 10.2. The molecule has 3 rings (SSSR count). The molecule has 0 radical (unpaired) electrons.